The molecule has 0 aliphatic heterocycles. The first-order valence-electron chi connectivity index (χ1n) is 10.6. The van der Waals surface area contributed by atoms with Crippen molar-refractivity contribution in [3.8, 4) is 11.5 Å². The Morgan fingerprint density at radius 3 is 1.43 bits per heavy atom. The lowest BCUT2D eigenvalue weighted by atomic mass is 10.1. The van der Waals surface area contributed by atoms with Crippen LogP contribution in [0, 0.1) is 0 Å². The number of fused-ring (bicyclic) bond motifs is 1. The van der Waals surface area contributed by atoms with Crippen molar-refractivity contribution < 1.29 is 19.7 Å². The molecule has 2 unspecified atom stereocenters. The number of hydrogen-bond acceptors (Lipinski definition) is 6. The van der Waals surface area contributed by atoms with E-state index in [9.17, 15) is 10.2 Å². The second-order valence-electron chi connectivity index (χ2n) is 9.84. The van der Waals surface area contributed by atoms with Crippen LogP contribution in [0.25, 0.3) is 10.8 Å². The first kappa shape index (κ1) is 24.4. The molecule has 0 heterocycles. The molecule has 0 spiro atoms. The Labute approximate surface area is 180 Å². The molecule has 0 aliphatic carbocycles. The van der Waals surface area contributed by atoms with Gasteiger partial charge in [-0.1, -0.05) is 24.3 Å². The first-order valence-corrected chi connectivity index (χ1v) is 10.6. The van der Waals surface area contributed by atoms with Gasteiger partial charge in [0.2, 0.25) is 0 Å². The normalized spacial score (nSPS) is 14.5. The van der Waals surface area contributed by atoms with E-state index in [1.807, 2.05) is 36.4 Å². The number of aliphatic hydroxyl groups is 2. The van der Waals surface area contributed by atoms with E-state index in [0.717, 1.165) is 10.8 Å². The van der Waals surface area contributed by atoms with Crippen LogP contribution < -0.4 is 20.1 Å². The molecule has 2 atom stereocenters. The van der Waals surface area contributed by atoms with E-state index in [0.29, 0.717) is 24.6 Å². The summed E-state index contributed by atoms with van der Waals surface area (Å²) in [5.74, 6) is 1.11. The third-order valence-corrected chi connectivity index (χ3v) is 4.41. The predicted molar refractivity (Wildman–Crippen MR) is 122 cm³/mol. The molecule has 2 aromatic carbocycles. The van der Waals surface area contributed by atoms with Crippen LogP contribution in [0.3, 0.4) is 0 Å². The van der Waals surface area contributed by atoms with Gasteiger partial charge < -0.3 is 30.3 Å². The van der Waals surface area contributed by atoms with Crippen LogP contribution in [0.5, 0.6) is 11.5 Å². The van der Waals surface area contributed by atoms with Gasteiger partial charge >= 0.3 is 0 Å². The topological polar surface area (TPSA) is 83.0 Å². The molecule has 0 aromatic heterocycles. The number of β-amino-alcohol motifs (C(OH)–C–C–N with tert-alkyl or cyclic N) is 2. The van der Waals surface area contributed by atoms with Gasteiger partial charge in [0.05, 0.1) is 0 Å². The van der Waals surface area contributed by atoms with E-state index in [4.69, 9.17) is 9.47 Å². The Morgan fingerprint density at radius 2 is 1.10 bits per heavy atom. The Hall–Kier alpha value is -1.86. The summed E-state index contributed by atoms with van der Waals surface area (Å²) in [6.07, 6.45) is -1.30. The quantitative estimate of drug-likeness (QED) is 0.475. The summed E-state index contributed by atoms with van der Waals surface area (Å²) in [7, 11) is 0. The molecule has 4 N–H and O–H groups in total. The van der Waals surface area contributed by atoms with E-state index in [1.165, 1.54) is 0 Å². The van der Waals surface area contributed by atoms with Crippen LogP contribution in [0.1, 0.15) is 41.5 Å². The Kier molecular flexibility index (Phi) is 8.50. The number of aliphatic hydroxyl groups excluding tert-OH is 2. The maximum absolute atomic E-state index is 10.3. The van der Waals surface area contributed by atoms with E-state index in [1.54, 1.807) is 0 Å². The highest BCUT2D eigenvalue weighted by molar-refractivity contribution is 5.86. The summed E-state index contributed by atoms with van der Waals surface area (Å²) < 4.78 is 11.8. The van der Waals surface area contributed by atoms with Gasteiger partial charge in [0.1, 0.15) is 25.4 Å². The Balaban J connectivity index is 2.05. The third kappa shape index (κ3) is 8.88. The minimum absolute atomic E-state index is 0.0740. The van der Waals surface area contributed by atoms with Gasteiger partial charge in [-0.3, -0.25) is 0 Å². The molecule has 168 valence electrons. The fourth-order valence-corrected chi connectivity index (χ4v) is 2.76. The first-order chi connectivity index (χ1) is 13.9. The van der Waals surface area contributed by atoms with Crippen LogP contribution in [0.4, 0.5) is 0 Å². The van der Waals surface area contributed by atoms with Gasteiger partial charge in [0.15, 0.2) is 11.5 Å². The van der Waals surface area contributed by atoms with E-state index >= 15 is 0 Å². The molecule has 0 amide bonds. The second-order valence-corrected chi connectivity index (χ2v) is 9.84. The largest absolute Gasteiger partial charge is 0.487 e. The summed E-state index contributed by atoms with van der Waals surface area (Å²) in [4.78, 5) is 0. The minimum atomic E-state index is -0.648. The third-order valence-electron chi connectivity index (χ3n) is 4.41. The number of ether oxygens (including phenoxy) is 2. The zero-order chi connectivity index (χ0) is 22.4. The monoisotopic (exact) mass is 418 g/mol. The maximum Gasteiger partial charge on any atom is 0.161 e. The Morgan fingerprint density at radius 1 is 0.733 bits per heavy atom. The molecule has 0 aliphatic rings. The van der Waals surface area contributed by atoms with Gasteiger partial charge in [-0.15, -0.1) is 0 Å². The molecule has 6 nitrogen and oxygen atoms in total. The van der Waals surface area contributed by atoms with Gasteiger partial charge in [-0.2, -0.15) is 0 Å². The summed E-state index contributed by atoms with van der Waals surface area (Å²) in [5.41, 5.74) is -0.148. The van der Waals surface area contributed by atoms with Crippen molar-refractivity contribution >= 4 is 10.8 Å². The lowest BCUT2D eigenvalue weighted by molar-refractivity contribution is 0.0873. The zero-order valence-corrected chi connectivity index (χ0v) is 19.2. The van der Waals surface area contributed by atoms with Crippen LogP contribution in [-0.2, 0) is 0 Å². The van der Waals surface area contributed by atoms with Crippen molar-refractivity contribution in [2.45, 2.75) is 64.8 Å². The molecule has 6 heteroatoms. The number of rotatable bonds is 10. The van der Waals surface area contributed by atoms with Gasteiger partial charge in [-0.25, -0.2) is 0 Å². The summed E-state index contributed by atoms with van der Waals surface area (Å²) >= 11 is 0. The molecule has 0 fully saturated rings. The van der Waals surface area contributed by atoms with Crippen LogP contribution >= 0.6 is 0 Å². The molecule has 0 saturated carbocycles. The minimum Gasteiger partial charge on any atom is -0.487 e. The molecule has 0 bridgehead atoms. The van der Waals surface area contributed by atoms with Gasteiger partial charge in [0.25, 0.3) is 0 Å². The molecular formula is C24H38N2O4. The van der Waals surface area contributed by atoms with E-state index < -0.39 is 12.2 Å². The molecule has 2 aromatic rings. The molecule has 30 heavy (non-hydrogen) atoms. The SMILES string of the molecule is CC(C)(C)NCC(O)COc1cc2ccccc2cc1OCC(O)CNC(C)(C)C. The number of nitrogens with one attached hydrogen (secondary N) is 2. The Bertz CT molecular complexity index is 729. The second kappa shape index (κ2) is 10.4. The van der Waals surface area contributed by atoms with Crippen molar-refractivity contribution in [2.75, 3.05) is 26.3 Å². The number of hydrogen-bond donors (Lipinski definition) is 4. The molecular weight excluding hydrogens is 380 g/mol. The van der Waals surface area contributed by atoms with Crippen molar-refractivity contribution in [1.29, 1.82) is 0 Å². The lowest BCUT2D eigenvalue weighted by Crippen LogP contribution is -2.42. The van der Waals surface area contributed by atoms with Gasteiger partial charge in [0, 0.05) is 24.2 Å². The number of benzene rings is 2. The predicted octanol–water partition coefficient (Wildman–Crippen LogP) is 3.10. The van der Waals surface area contributed by atoms with Crippen LogP contribution in [0.15, 0.2) is 36.4 Å². The average molecular weight is 419 g/mol. The summed E-state index contributed by atoms with van der Waals surface area (Å²) in [5, 5.41) is 29.1. The van der Waals surface area contributed by atoms with Crippen molar-refractivity contribution in [1.82, 2.24) is 10.6 Å². The molecule has 0 saturated heterocycles. The summed E-state index contributed by atoms with van der Waals surface area (Å²) in [6, 6.07) is 11.8. The summed E-state index contributed by atoms with van der Waals surface area (Å²) in [6.45, 7) is 13.5. The van der Waals surface area contributed by atoms with E-state index in [2.05, 4.69) is 52.2 Å². The molecule has 0 radical (unpaired) electrons. The highest BCUT2D eigenvalue weighted by Crippen LogP contribution is 2.33. The average Bonchev–Trinajstić information content (AvgIpc) is 2.66. The van der Waals surface area contributed by atoms with Gasteiger partial charge in [-0.05, 0) is 64.4 Å². The maximum atomic E-state index is 10.3. The van der Waals surface area contributed by atoms with Crippen molar-refractivity contribution in [3.63, 3.8) is 0 Å². The van der Waals surface area contributed by atoms with Crippen molar-refractivity contribution in [2.24, 2.45) is 0 Å². The molecule has 2 rings (SSSR count). The smallest absolute Gasteiger partial charge is 0.161 e. The van der Waals surface area contributed by atoms with Crippen LogP contribution in [0.2, 0.25) is 0 Å². The fourth-order valence-electron chi connectivity index (χ4n) is 2.76. The van der Waals surface area contributed by atoms with E-state index in [-0.39, 0.29) is 24.3 Å². The highest BCUT2D eigenvalue weighted by Gasteiger charge is 2.16. The standard InChI is InChI=1S/C24H38N2O4/c1-23(2,3)25-13-19(27)15-29-21-11-17-9-7-8-10-18(17)12-22(21)30-16-20(28)14-26-24(4,5)6/h7-12,19-20,25-28H,13-16H2,1-6H3. The fraction of sp³-hybridized carbons (Fsp3) is 0.583. The highest BCUT2D eigenvalue weighted by atomic mass is 16.5. The lowest BCUT2D eigenvalue weighted by Gasteiger charge is -2.24. The van der Waals surface area contributed by atoms with Crippen LogP contribution in [-0.4, -0.2) is 59.8 Å². The van der Waals surface area contributed by atoms with Crippen molar-refractivity contribution in [3.05, 3.63) is 36.4 Å². The zero-order valence-electron chi connectivity index (χ0n) is 19.2.